The highest BCUT2D eigenvalue weighted by Gasteiger charge is 2.41. The Labute approximate surface area is 102 Å². The van der Waals surface area contributed by atoms with Crippen molar-refractivity contribution in [2.45, 2.75) is 6.54 Å². The van der Waals surface area contributed by atoms with Gasteiger partial charge in [-0.1, -0.05) is 30.3 Å². The highest BCUT2D eigenvalue weighted by atomic mass is 16.5. The summed E-state index contributed by atoms with van der Waals surface area (Å²) in [6.45, 7) is 6.56. The first kappa shape index (κ1) is 11.2. The van der Waals surface area contributed by atoms with Gasteiger partial charge in [-0.25, -0.2) is 0 Å². The van der Waals surface area contributed by atoms with Crippen molar-refractivity contribution in [3.63, 3.8) is 0 Å². The minimum atomic E-state index is 0.269. The molecule has 0 unspecified atom stereocenters. The molecule has 0 amide bonds. The van der Waals surface area contributed by atoms with Crippen molar-refractivity contribution in [2.75, 3.05) is 39.5 Å². The van der Waals surface area contributed by atoms with Crippen LogP contribution in [0.1, 0.15) is 5.56 Å². The van der Waals surface area contributed by atoms with Crippen molar-refractivity contribution in [2.24, 2.45) is 5.41 Å². The molecule has 0 radical (unpaired) electrons. The highest BCUT2D eigenvalue weighted by molar-refractivity contribution is 5.14. The molecule has 17 heavy (non-hydrogen) atoms. The van der Waals surface area contributed by atoms with Crippen LogP contribution in [-0.4, -0.2) is 44.4 Å². The van der Waals surface area contributed by atoms with Crippen LogP contribution in [0.15, 0.2) is 30.3 Å². The fourth-order valence-electron chi connectivity index (χ4n) is 2.62. The van der Waals surface area contributed by atoms with Gasteiger partial charge in [0, 0.05) is 19.6 Å². The van der Waals surface area contributed by atoms with Crippen molar-refractivity contribution in [3.05, 3.63) is 35.9 Å². The van der Waals surface area contributed by atoms with E-state index in [2.05, 4.69) is 35.2 Å². The zero-order valence-corrected chi connectivity index (χ0v) is 10.1. The molecule has 2 heterocycles. The second kappa shape index (κ2) is 4.77. The molecule has 2 aliphatic heterocycles. The summed E-state index contributed by atoms with van der Waals surface area (Å²) in [4.78, 5) is 2.49. The minimum absolute atomic E-state index is 0.269. The summed E-state index contributed by atoms with van der Waals surface area (Å²) in [5.41, 5.74) is 1.65. The number of hydrogen-bond acceptors (Lipinski definition) is 3. The highest BCUT2D eigenvalue weighted by Crippen LogP contribution is 2.31. The van der Waals surface area contributed by atoms with Crippen molar-refractivity contribution in [1.82, 2.24) is 4.90 Å². The lowest BCUT2D eigenvalue weighted by molar-refractivity contribution is -0.145. The molecule has 0 aliphatic carbocycles. The molecule has 92 valence electrons. The molecule has 2 aliphatic rings. The average molecular weight is 233 g/mol. The SMILES string of the molecule is c1ccc(CN2CCOCC3(COC3)C2)cc1. The summed E-state index contributed by atoms with van der Waals surface area (Å²) in [5.74, 6) is 0. The van der Waals surface area contributed by atoms with Gasteiger partial charge in [0.15, 0.2) is 0 Å². The normalized spacial score (nSPS) is 24.2. The van der Waals surface area contributed by atoms with Crippen LogP contribution in [0, 0.1) is 5.41 Å². The lowest BCUT2D eigenvalue weighted by Gasteiger charge is -2.42. The number of rotatable bonds is 2. The summed E-state index contributed by atoms with van der Waals surface area (Å²) in [6.07, 6.45) is 0. The van der Waals surface area contributed by atoms with E-state index < -0.39 is 0 Å². The Bertz CT molecular complexity index is 362. The van der Waals surface area contributed by atoms with Crippen molar-refractivity contribution in [3.8, 4) is 0 Å². The molecule has 2 saturated heterocycles. The van der Waals surface area contributed by atoms with Crippen LogP contribution in [0.5, 0.6) is 0 Å². The van der Waals surface area contributed by atoms with Crippen LogP contribution in [0.25, 0.3) is 0 Å². The fraction of sp³-hybridized carbons (Fsp3) is 0.571. The summed E-state index contributed by atoms with van der Waals surface area (Å²) >= 11 is 0. The molecular formula is C14H19NO2. The van der Waals surface area contributed by atoms with Gasteiger partial charge in [-0.3, -0.25) is 4.90 Å². The maximum Gasteiger partial charge on any atom is 0.0593 e. The topological polar surface area (TPSA) is 21.7 Å². The van der Waals surface area contributed by atoms with Crippen molar-refractivity contribution in [1.29, 1.82) is 0 Å². The van der Waals surface area contributed by atoms with Gasteiger partial charge in [-0.15, -0.1) is 0 Å². The van der Waals surface area contributed by atoms with E-state index in [1.807, 2.05) is 0 Å². The molecule has 0 atom stereocenters. The van der Waals surface area contributed by atoms with Gasteiger partial charge < -0.3 is 9.47 Å². The Morgan fingerprint density at radius 3 is 2.53 bits per heavy atom. The van der Waals surface area contributed by atoms with Crippen molar-refractivity contribution >= 4 is 0 Å². The molecule has 2 fully saturated rings. The van der Waals surface area contributed by atoms with Crippen LogP contribution < -0.4 is 0 Å². The van der Waals surface area contributed by atoms with Crippen LogP contribution in [0.3, 0.4) is 0 Å². The standard InChI is InChI=1S/C14H19NO2/c1-2-4-13(5-3-1)8-15-6-7-16-10-14(9-15)11-17-12-14/h1-5H,6-12H2. The number of hydrogen-bond donors (Lipinski definition) is 0. The summed E-state index contributed by atoms with van der Waals surface area (Å²) in [5, 5.41) is 0. The largest absolute Gasteiger partial charge is 0.380 e. The first-order valence-corrected chi connectivity index (χ1v) is 6.28. The molecule has 3 heteroatoms. The second-order valence-corrected chi connectivity index (χ2v) is 5.24. The van der Waals surface area contributed by atoms with E-state index in [0.717, 1.165) is 46.1 Å². The Kier molecular flexibility index (Phi) is 3.14. The third-order valence-electron chi connectivity index (χ3n) is 3.58. The summed E-state index contributed by atoms with van der Waals surface area (Å²) in [7, 11) is 0. The number of nitrogens with zero attached hydrogens (tertiary/aromatic N) is 1. The maximum atomic E-state index is 5.70. The van der Waals surface area contributed by atoms with E-state index in [1.54, 1.807) is 0 Å². The molecule has 1 aromatic carbocycles. The Balaban J connectivity index is 1.66. The van der Waals surface area contributed by atoms with Gasteiger partial charge in [0.05, 0.1) is 31.8 Å². The summed E-state index contributed by atoms with van der Waals surface area (Å²) < 4.78 is 11.1. The van der Waals surface area contributed by atoms with E-state index in [-0.39, 0.29) is 5.41 Å². The van der Waals surface area contributed by atoms with Gasteiger partial charge in [0.2, 0.25) is 0 Å². The molecule has 0 bridgehead atoms. The van der Waals surface area contributed by atoms with Gasteiger partial charge in [0.25, 0.3) is 0 Å². The Morgan fingerprint density at radius 1 is 1.06 bits per heavy atom. The molecular weight excluding hydrogens is 214 g/mol. The zero-order valence-electron chi connectivity index (χ0n) is 10.1. The van der Waals surface area contributed by atoms with Gasteiger partial charge in [-0.2, -0.15) is 0 Å². The number of ether oxygens (including phenoxy) is 2. The predicted molar refractivity (Wildman–Crippen MR) is 65.8 cm³/mol. The monoisotopic (exact) mass is 233 g/mol. The zero-order chi connectivity index (χ0) is 11.6. The van der Waals surface area contributed by atoms with Gasteiger partial charge in [0.1, 0.15) is 0 Å². The van der Waals surface area contributed by atoms with Crippen LogP contribution in [-0.2, 0) is 16.0 Å². The maximum absolute atomic E-state index is 5.70. The third-order valence-corrected chi connectivity index (χ3v) is 3.58. The second-order valence-electron chi connectivity index (χ2n) is 5.24. The van der Waals surface area contributed by atoms with Crippen LogP contribution >= 0.6 is 0 Å². The fourth-order valence-corrected chi connectivity index (χ4v) is 2.62. The molecule has 0 saturated carbocycles. The van der Waals surface area contributed by atoms with Crippen LogP contribution in [0.2, 0.25) is 0 Å². The van der Waals surface area contributed by atoms with Gasteiger partial charge in [-0.05, 0) is 5.56 Å². The number of benzene rings is 1. The van der Waals surface area contributed by atoms with E-state index >= 15 is 0 Å². The average Bonchev–Trinajstić information content (AvgIpc) is 2.53. The van der Waals surface area contributed by atoms with Crippen LogP contribution in [0.4, 0.5) is 0 Å². The summed E-state index contributed by atoms with van der Waals surface area (Å²) in [6, 6.07) is 10.7. The lowest BCUT2D eigenvalue weighted by atomic mass is 9.86. The Morgan fingerprint density at radius 2 is 1.82 bits per heavy atom. The lowest BCUT2D eigenvalue weighted by Crippen LogP contribution is -2.52. The van der Waals surface area contributed by atoms with E-state index in [1.165, 1.54) is 5.56 Å². The van der Waals surface area contributed by atoms with E-state index in [4.69, 9.17) is 9.47 Å². The molecule has 3 rings (SSSR count). The third kappa shape index (κ3) is 2.51. The quantitative estimate of drug-likeness (QED) is 0.773. The first-order chi connectivity index (χ1) is 8.36. The van der Waals surface area contributed by atoms with E-state index in [9.17, 15) is 0 Å². The molecule has 1 spiro atoms. The van der Waals surface area contributed by atoms with Gasteiger partial charge >= 0.3 is 0 Å². The Hall–Kier alpha value is -0.900. The van der Waals surface area contributed by atoms with Crippen molar-refractivity contribution < 1.29 is 9.47 Å². The van der Waals surface area contributed by atoms with E-state index in [0.29, 0.717) is 0 Å². The predicted octanol–water partition coefficient (Wildman–Crippen LogP) is 1.54. The minimum Gasteiger partial charge on any atom is -0.380 e. The first-order valence-electron chi connectivity index (χ1n) is 6.28. The molecule has 0 aromatic heterocycles. The smallest absolute Gasteiger partial charge is 0.0593 e. The molecule has 0 N–H and O–H groups in total. The molecule has 3 nitrogen and oxygen atoms in total. The molecule has 1 aromatic rings.